The van der Waals surface area contributed by atoms with Crippen LogP contribution in [0.4, 0.5) is 0 Å². The van der Waals surface area contributed by atoms with Crippen LogP contribution in [0.5, 0.6) is 5.75 Å². The lowest BCUT2D eigenvalue weighted by molar-refractivity contribution is 0.00989. The number of aromatic amines is 1. The highest BCUT2D eigenvalue weighted by molar-refractivity contribution is 5.92. The van der Waals surface area contributed by atoms with Crippen LogP contribution < -0.4 is 4.74 Å². The highest BCUT2D eigenvalue weighted by Crippen LogP contribution is 2.36. The van der Waals surface area contributed by atoms with Crippen LogP contribution in [0.25, 0.3) is 0 Å². The van der Waals surface area contributed by atoms with Gasteiger partial charge in [0.2, 0.25) is 0 Å². The number of amides is 1. The third-order valence-corrected chi connectivity index (χ3v) is 4.44. The Morgan fingerprint density at radius 3 is 3.17 bits per heavy atom. The molecule has 0 bridgehead atoms. The number of nitrogens with zero attached hydrogens (tertiary/aromatic N) is 3. The molecule has 1 spiro atoms. The maximum Gasteiger partial charge on any atom is 0.272 e. The number of ether oxygens (including phenoxy) is 2. The van der Waals surface area contributed by atoms with Gasteiger partial charge in [-0.05, 0) is 18.6 Å². The van der Waals surface area contributed by atoms with E-state index in [0.717, 1.165) is 18.6 Å². The molecule has 2 aliphatic rings. The van der Waals surface area contributed by atoms with E-state index in [1.54, 1.807) is 18.6 Å². The molecule has 120 valence electrons. The molecule has 0 aliphatic carbocycles. The lowest BCUT2D eigenvalue weighted by Gasteiger charge is -2.23. The Morgan fingerprint density at radius 1 is 1.43 bits per heavy atom. The molecule has 2 fully saturated rings. The summed E-state index contributed by atoms with van der Waals surface area (Å²) in [5, 5.41) is 0. The van der Waals surface area contributed by atoms with Crippen LogP contribution in [0.1, 0.15) is 23.3 Å². The van der Waals surface area contributed by atoms with Gasteiger partial charge in [0.15, 0.2) is 0 Å². The summed E-state index contributed by atoms with van der Waals surface area (Å²) in [6, 6.07) is 3.74. The van der Waals surface area contributed by atoms with Gasteiger partial charge in [-0.2, -0.15) is 0 Å². The summed E-state index contributed by atoms with van der Waals surface area (Å²) < 4.78 is 11.9. The Morgan fingerprint density at radius 2 is 2.39 bits per heavy atom. The SMILES string of the molecule is O=C(c1cnc[nH]1)N1CC[C@@]2(C[C@H](Oc3cccnc3)CO2)C1. The van der Waals surface area contributed by atoms with Crippen molar-refractivity contribution < 1.29 is 14.3 Å². The van der Waals surface area contributed by atoms with E-state index in [1.165, 1.54) is 6.33 Å². The summed E-state index contributed by atoms with van der Waals surface area (Å²) >= 11 is 0. The molecule has 2 aromatic rings. The first kappa shape index (κ1) is 14.2. The molecule has 2 atom stereocenters. The molecule has 4 heterocycles. The summed E-state index contributed by atoms with van der Waals surface area (Å²) in [4.78, 5) is 25.0. The van der Waals surface area contributed by atoms with E-state index in [-0.39, 0.29) is 17.6 Å². The van der Waals surface area contributed by atoms with Gasteiger partial charge in [-0.25, -0.2) is 4.98 Å². The summed E-state index contributed by atoms with van der Waals surface area (Å²) in [5.41, 5.74) is 0.228. The van der Waals surface area contributed by atoms with Crippen molar-refractivity contribution in [2.24, 2.45) is 0 Å². The molecular weight excluding hydrogens is 296 g/mol. The maximum atomic E-state index is 12.4. The second-order valence-electron chi connectivity index (χ2n) is 6.07. The molecule has 4 rings (SSSR count). The normalized spacial score (nSPS) is 26.8. The van der Waals surface area contributed by atoms with Crippen LogP contribution in [0, 0.1) is 0 Å². The van der Waals surface area contributed by atoms with Gasteiger partial charge in [-0.1, -0.05) is 0 Å². The smallest absolute Gasteiger partial charge is 0.272 e. The van der Waals surface area contributed by atoms with Gasteiger partial charge in [-0.15, -0.1) is 0 Å². The van der Waals surface area contributed by atoms with E-state index < -0.39 is 0 Å². The predicted octanol–water partition coefficient (Wildman–Crippen LogP) is 1.26. The van der Waals surface area contributed by atoms with Crippen LogP contribution in [-0.4, -0.2) is 57.2 Å². The third-order valence-electron chi connectivity index (χ3n) is 4.44. The van der Waals surface area contributed by atoms with Gasteiger partial charge in [0.1, 0.15) is 17.5 Å². The molecule has 2 aromatic heterocycles. The van der Waals surface area contributed by atoms with Crippen molar-refractivity contribution in [2.45, 2.75) is 24.5 Å². The number of carbonyl (C=O) groups excluding carboxylic acids is 1. The number of aromatic nitrogens is 3. The van der Waals surface area contributed by atoms with Crippen LogP contribution >= 0.6 is 0 Å². The molecule has 1 amide bonds. The summed E-state index contributed by atoms with van der Waals surface area (Å²) in [6.07, 6.45) is 8.11. The molecule has 2 aliphatic heterocycles. The lowest BCUT2D eigenvalue weighted by atomic mass is 9.98. The number of nitrogens with one attached hydrogen (secondary N) is 1. The highest BCUT2D eigenvalue weighted by Gasteiger charge is 2.47. The molecule has 0 saturated carbocycles. The maximum absolute atomic E-state index is 12.4. The number of imidazole rings is 1. The average Bonchev–Trinajstić information content (AvgIpc) is 3.31. The van der Waals surface area contributed by atoms with E-state index >= 15 is 0 Å². The zero-order valence-electron chi connectivity index (χ0n) is 12.6. The van der Waals surface area contributed by atoms with Gasteiger partial charge in [0.05, 0.1) is 37.5 Å². The molecule has 1 N–H and O–H groups in total. The monoisotopic (exact) mass is 314 g/mol. The van der Waals surface area contributed by atoms with E-state index in [0.29, 0.717) is 25.4 Å². The third kappa shape index (κ3) is 2.79. The Balaban J connectivity index is 1.38. The minimum atomic E-state index is -0.289. The Labute approximate surface area is 133 Å². The van der Waals surface area contributed by atoms with Crippen molar-refractivity contribution in [3.8, 4) is 5.75 Å². The van der Waals surface area contributed by atoms with Gasteiger partial charge < -0.3 is 19.4 Å². The number of pyridine rings is 1. The van der Waals surface area contributed by atoms with E-state index in [1.807, 2.05) is 17.0 Å². The van der Waals surface area contributed by atoms with Crippen molar-refractivity contribution in [1.29, 1.82) is 0 Å². The molecule has 23 heavy (non-hydrogen) atoms. The van der Waals surface area contributed by atoms with Crippen LogP contribution in [-0.2, 0) is 4.74 Å². The Bertz CT molecular complexity index is 676. The molecule has 0 aromatic carbocycles. The van der Waals surface area contributed by atoms with E-state index in [9.17, 15) is 4.79 Å². The number of hydrogen-bond donors (Lipinski definition) is 1. The summed E-state index contributed by atoms with van der Waals surface area (Å²) in [7, 11) is 0. The largest absolute Gasteiger partial charge is 0.486 e. The van der Waals surface area contributed by atoms with Crippen molar-refractivity contribution in [2.75, 3.05) is 19.7 Å². The fourth-order valence-electron chi connectivity index (χ4n) is 3.33. The molecule has 0 unspecified atom stereocenters. The van der Waals surface area contributed by atoms with Crippen molar-refractivity contribution >= 4 is 5.91 Å². The van der Waals surface area contributed by atoms with Crippen LogP contribution in [0.3, 0.4) is 0 Å². The van der Waals surface area contributed by atoms with Crippen molar-refractivity contribution in [3.63, 3.8) is 0 Å². The average molecular weight is 314 g/mol. The van der Waals surface area contributed by atoms with Gasteiger partial charge in [0.25, 0.3) is 5.91 Å². The van der Waals surface area contributed by atoms with Gasteiger partial charge in [0, 0.05) is 19.2 Å². The zero-order chi connectivity index (χ0) is 15.7. The standard InChI is InChI=1S/C16H18N4O3/c21-15(14-8-18-11-19-14)20-5-3-16(10-20)6-13(9-22-16)23-12-2-1-4-17-7-12/h1-2,4,7-8,11,13H,3,5-6,9-10H2,(H,18,19)/t13-,16+/m0/s1. The fraction of sp³-hybridized carbons (Fsp3) is 0.438. The minimum Gasteiger partial charge on any atom is -0.486 e. The molecule has 7 nitrogen and oxygen atoms in total. The van der Waals surface area contributed by atoms with Gasteiger partial charge >= 0.3 is 0 Å². The number of hydrogen-bond acceptors (Lipinski definition) is 5. The second kappa shape index (κ2) is 5.66. The number of likely N-dealkylation sites (tertiary alicyclic amines) is 1. The van der Waals surface area contributed by atoms with E-state index in [4.69, 9.17) is 9.47 Å². The Kier molecular flexibility index (Phi) is 3.49. The number of H-pyrrole nitrogens is 1. The number of carbonyl (C=O) groups is 1. The first-order valence-corrected chi connectivity index (χ1v) is 7.72. The highest BCUT2D eigenvalue weighted by atomic mass is 16.6. The molecular formula is C16H18N4O3. The number of rotatable bonds is 3. The van der Waals surface area contributed by atoms with Gasteiger partial charge in [-0.3, -0.25) is 9.78 Å². The summed E-state index contributed by atoms with van der Waals surface area (Å²) in [5.74, 6) is 0.723. The van der Waals surface area contributed by atoms with E-state index in [2.05, 4.69) is 15.0 Å². The first-order valence-electron chi connectivity index (χ1n) is 7.72. The first-order chi connectivity index (χ1) is 11.2. The molecule has 7 heteroatoms. The second-order valence-corrected chi connectivity index (χ2v) is 6.07. The zero-order valence-corrected chi connectivity index (χ0v) is 12.6. The quantitative estimate of drug-likeness (QED) is 0.922. The predicted molar refractivity (Wildman–Crippen MR) is 81.1 cm³/mol. The minimum absolute atomic E-state index is 0.00130. The van der Waals surface area contributed by atoms with Crippen molar-refractivity contribution in [3.05, 3.63) is 42.7 Å². The lowest BCUT2D eigenvalue weighted by Crippen LogP contribution is -2.36. The molecule has 0 radical (unpaired) electrons. The summed E-state index contributed by atoms with van der Waals surface area (Å²) in [6.45, 7) is 1.83. The fourth-order valence-corrected chi connectivity index (χ4v) is 3.33. The van der Waals surface area contributed by atoms with Crippen molar-refractivity contribution in [1.82, 2.24) is 19.9 Å². The van der Waals surface area contributed by atoms with Crippen LogP contribution in [0.2, 0.25) is 0 Å². The molecule has 2 saturated heterocycles. The van der Waals surface area contributed by atoms with Crippen LogP contribution in [0.15, 0.2) is 37.1 Å². The Hall–Kier alpha value is -2.41. The topological polar surface area (TPSA) is 80.3 Å².